The first-order valence-corrected chi connectivity index (χ1v) is 11.3. The Bertz CT molecular complexity index is 766. The van der Waals surface area contributed by atoms with Crippen LogP contribution < -0.4 is 0 Å². The predicted molar refractivity (Wildman–Crippen MR) is 105 cm³/mol. The highest BCUT2D eigenvalue weighted by Crippen LogP contribution is 2.78. The monoisotopic (exact) mass is 403 g/mol. The first-order chi connectivity index (χ1) is 13.8. The number of ketones is 2. The van der Waals surface area contributed by atoms with E-state index in [4.69, 9.17) is 9.47 Å². The van der Waals surface area contributed by atoms with E-state index in [1.165, 1.54) is 7.11 Å². The maximum atomic E-state index is 13.4. The summed E-state index contributed by atoms with van der Waals surface area (Å²) in [6, 6.07) is 0. The summed E-state index contributed by atoms with van der Waals surface area (Å²) in [6.07, 6.45) is 4.88. The van der Waals surface area contributed by atoms with Gasteiger partial charge in [-0.1, -0.05) is 6.92 Å². The Labute approximate surface area is 172 Å². The highest BCUT2D eigenvalue weighted by molar-refractivity contribution is 5.86. The van der Waals surface area contributed by atoms with Crippen molar-refractivity contribution in [3.8, 4) is 0 Å². The third-order valence-electron chi connectivity index (χ3n) is 9.60. The molecule has 5 fully saturated rings. The Kier molecular flexibility index (Phi) is 4.32. The number of esters is 1. The lowest BCUT2D eigenvalue weighted by Gasteiger charge is -2.57. The quantitative estimate of drug-likeness (QED) is 0.656. The van der Waals surface area contributed by atoms with Crippen LogP contribution in [0.15, 0.2) is 0 Å². The van der Waals surface area contributed by atoms with Gasteiger partial charge in [0.1, 0.15) is 11.6 Å². The van der Waals surface area contributed by atoms with Crippen molar-refractivity contribution in [3.63, 3.8) is 0 Å². The predicted octanol–water partition coefficient (Wildman–Crippen LogP) is 2.24. The van der Waals surface area contributed by atoms with Crippen LogP contribution in [0, 0.1) is 34.5 Å². The molecule has 7 atom stereocenters. The lowest BCUT2D eigenvalue weighted by Crippen LogP contribution is -2.63. The van der Waals surface area contributed by atoms with Crippen molar-refractivity contribution in [2.45, 2.75) is 57.5 Å². The lowest BCUT2D eigenvalue weighted by atomic mass is 9.50. The van der Waals surface area contributed by atoms with Crippen molar-refractivity contribution in [1.82, 2.24) is 4.90 Å². The van der Waals surface area contributed by atoms with E-state index in [-0.39, 0.29) is 46.3 Å². The fraction of sp³-hybridized carbons (Fsp3) is 0.870. The molecule has 160 valence electrons. The first kappa shape index (κ1) is 19.7. The molecule has 3 saturated carbocycles. The van der Waals surface area contributed by atoms with Crippen molar-refractivity contribution in [2.24, 2.45) is 34.5 Å². The SMILES string of the molecule is CCC(=O)CC[C@]12CO[C@@]34[C@H]5CC[C@H]3[C@H](C(=O)OC)C[C@]14CN(C)C[C@H]2CC5=O. The van der Waals surface area contributed by atoms with E-state index in [1.54, 1.807) is 0 Å². The van der Waals surface area contributed by atoms with Crippen molar-refractivity contribution < 1.29 is 23.9 Å². The summed E-state index contributed by atoms with van der Waals surface area (Å²) in [6.45, 7) is 4.27. The van der Waals surface area contributed by atoms with Crippen molar-refractivity contribution in [3.05, 3.63) is 0 Å². The topological polar surface area (TPSA) is 72.9 Å². The fourth-order valence-corrected chi connectivity index (χ4v) is 8.65. The van der Waals surface area contributed by atoms with Crippen LogP contribution in [0.3, 0.4) is 0 Å². The van der Waals surface area contributed by atoms with Gasteiger partial charge in [-0.3, -0.25) is 14.4 Å². The van der Waals surface area contributed by atoms with E-state index in [2.05, 4.69) is 11.9 Å². The summed E-state index contributed by atoms with van der Waals surface area (Å²) in [4.78, 5) is 40.9. The molecule has 2 aliphatic heterocycles. The second-order valence-corrected chi connectivity index (χ2v) is 10.3. The number of Topliss-reactive ketones (excluding diaryl/α,β-unsaturated/α-hetero) is 2. The zero-order chi connectivity index (χ0) is 20.6. The molecule has 2 heterocycles. The van der Waals surface area contributed by atoms with E-state index < -0.39 is 5.60 Å². The molecule has 0 unspecified atom stereocenters. The minimum atomic E-state index is -0.554. The van der Waals surface area contributed by atoms with Gasteiger partial charge in [0.25, 0.3) is 0 Å². The van der Waals surface area contributed by atoms with Gasteiger partial charge in [-0.2, -0.15) is 0 Å². The average Bonchev–Trinajstić information content (AvgIpc) is 3.28. The largest absolute Gasteiger partial charge is 0.469 e. The molecular weight excluding hydrogens is 370 g/mol. The van der Waals surface area contributed by atoms with Crippen LogP contribution in [-0.2, 0) is 23.9 Å². The van der Waals surface area contributed by atoms with Gasteiger partial charge < -0.3 is 14.4 Å². The highest BCUT2D eigenvalue weighted by Gasteiger charge is 2.84. The van der Waals surface area contributed by atoms with Crippen LogP contribution in [0.4, 0.5) is 0 Å². The van der Waals surface area contributed by atoms with Gasteiger partial charge in [-0.25, -0.2) is 0 Å². The number of rotatable bonds is 5. The zero-order valence-electron chi connectivity index (χ0n) is 17.9. The summed E-state index contributed by atoms with van der Waals surface area (Å²) in [7, 11) is 3.60. The third kappa shape index (κ3) is 2.17. The molecule has 3 aliphatic carbocycles. The van der Waals surface area contributed by atoms with Crippen LogP contribution in [-0.4, -0.2) is 61.9 Å². The third-order valence-corrected chi connectivity index (χ3v) is 9.60. The van der Waals surface area contributed by atoms with Gasteiger partial charge in [0.05, 0.1) is 25.2 Å². The number of carbonyl (C=O) groups excluding carboxylic acids is 3. The minimum absolute atomic E-state index is 0.0536. The maximum Gasteiger partial charge on any atom is 0.309 e. The molecule has 5 aliphatic rings. The number of ether oxygens (including phenoxy) is 2. The Morgan fingerprint density at radius 2 is 2.10 bits per heavy atom. The maximum absolute atomic E-state index is 13.4. The Morgan fingerprint density at radius 3 is 2.83 bits per heavy atom. The summed E-state index contributed by atoms with van der Waals surface area (Å²) in [5, 5.41) is 0. The molecule has 6 heteroatoms. The molecule has 29 heavy (non-hydrogen) atoms. The molecule has 0 amide bonds. The second-order valence-electron chi connectivity index (χ2n) is 10.3. The molecule has 2 spiro atoms. The van der Waals surface area contributed by atoms with Gasteiger partial charge in [0.15, 0.2) is 0 Å². The van der Waals surface area contributed by atoms with Crippen molar-refractivity contribution >= 4 is 17.5 Å². The van der Waals surface area contributed by atoms with Gasteiger partial charge in [-0.15, -0.1) is 0 Å². The average molecular weight is 404 g/mol. The molecule has 2 saturated heterocycles. The molecule has 0 N–H and O–H groups in total. The number of hydrogen-bond donors (Lipinski definition) is 0. The van der Waals surface area contributed by atoms with Gasteiger partial charge >= 0.3 is 5.97 Å². The van der Waals surface area contributed by atoms with Crippen molar-refractivity contribution in [1.29, 1.82) is 0 Å². The Morgan fingerprint density at radius 1 is 1.31 bits per heavy atom. The van der Waals surface area contributed by atoms with E-state index in [0.717, 1.165) is 38.8 Å². The number of hydrogen-bond acceptors (Lipinski definition) is 6. The molecule has 0 aromatic heterocycles. The highest BCUT2D eigenvalue weighted by atomic mass is 16.5. The van der Waals surface area contributed by atoms with E-state index in [9.17, 15) is 14.4 Å². The van der Waals surface area contributed by atoms with Crippen LogP contribution in [0.1, 0.15) is 51.9 Å². The van der Waals surface area contributed by atoms with E-state index >= 15 is 0 Å². The molecule has 0 radical (unpaired) electrons. The van der Waals surface area contributed by atoms with Crippen LogP contribution in [0.5, 0.6) is 0 Å². The Balaban J connectivity index is 1.68. The molecule has 6 nitrogen and oxygen atoms in total. The van der Waals surface area contributed by atoms with Crippen molar-refractivity contribution in [2.75, 3.05) is 33.9 Å². The van der Waals surface area contributed by atoms with Crippen LogP contribution in [0.25, 0.3) is 0 Å². The van der Waals surface area contributed by atoms with E-state index in [0.29, 0.717) is 31.7 Å². The summed E-state index contributed by atoms with van der Waals surface area (Å²) in [5.41, 5.74) is -0.996. The van der Waals surface area contributed by atoms with Crippen LogP contribution in [0.2, 0.25) is 0 Å². The standard InChI is InChI=1S/C23H33NO5/c1-4-15(25)7-8-21-13-29-23-17-5-6-18(23)19(26)9-14(21)11-24(2)12-22(21,23)10-16(17)20(27)28-3/h14,16-18H,4-13H2,1-3H3/t14-,16-,17+,18+,21-,22+,23-/m1/s1. The molecular formula is C23H33NO5. The molecule has 0 aromatic rings. The first-order valence-electron chi connectivity index (χ1n) is 11.3. The number of nitrogens with zero attached hydrogens (tertiary/aromatic N) is 1. The normalized spacial score (nSPS) is 47.8. The summed E-state index contributed by atoms with van der Waals surface area (Å²) in [5.74, 6) is 0.385. The number of likely N-dealkylation sites (tertiary alicyclic amines) is 1. The van der Waals surface area contributed by atoms with E-state index in [1.807, 2.05) is 6.92 Å². The second kappa shape index (κ2) is 6.36. The fourth-order valence-electron chi connectivity index (χ4n) is 8.65. The van der Waals surface area contributed by atoms with Gasteiger partial charge in [0.2, 0.25) is 0 Å². The molecule has 0 aromatic carbocycles. The van der Waals surface area contributed by atoms with Crippen LogP contribution >= 0.6 is 0 Å². The lowest BCUT2D eigenvalue weighted by molar-refractivity contribution is -0.152. The number of methoxy groups -OCH3 is 1. The Hall–Kier alpha value is -1.27. The molecule has 4 bridgehead atoms. The minimum Gasteiger partial charge on any atom is -0.469 e. The number of piperidine rings is 1. The summed E-state index contributed by atoms with van der Waals surface area (Å²) < 4.78 is 12.0. The van der Waals surface area contributed by atoms with Gasteiger partial charge in [-0.05, 0) is 38.6 Å². The summed E-state index contributed by atoms with van der Waals surface area (Å²) >= 11 is 0. The molecule has 5 rings (SSSR count). The smallest absolute Gasteiger partial charge is 0.309 e. The zero-order valence-corrected chi connectivity index (χ0v) is 17.9. The number of carbonyl (C=O) groups is 3. The van der Waals surface area contributed by atoms with Gasteiger partial charge in [0, 0.05) is 55.0 Å².